The molecule has 20 heavy (non-hydrogen) atoms. The molecule has 1 aromatic rings. The second kappa shape index (κ2) is 5.44. The molecule has 4 heteroatoms. The van der Waals surface area contributed by atoms with Gasteiger partial charge in [-0.15, -0.1) is 0 Å². The molecule has 0 saturated carbocycles. The average Bonchev–Trinajstić information content (AvgIpc) is 2.69. The summed E-state index contributed by atoms with van der Waals surface area (Å²) in [6.45, 7) is 0. The molecule has 2 saturated heterocycles. The van der Waals surface area contributed by atoms with Crippen LogP contribution in [-0.2, 0) is 0 Å². The molecule has 2 fully saturated rings. The molecule has 0 spiro atoms. The van der Waals surface area contributed by atoms with Crippen LogP contribution in [0.1, 0.15) is 36.0 Å². The third-order valence-electron chi connectivity index (χ3n) is 4.70. The standard InChI is InChI=1S/C16H21NO3/c1-17-12-6-7-13(17)9-14(8-12)20-16-11(10-18)4-3-5-15(16)19-2/h3-5,10,12-14H,6-9H2,1-2H3. The molecule has 2 aliphatic heterocycles. The van der Waals surface area contributed by atoms with Crippen LogP contribution in [0.3, 0.4) is 0 Å². The molecule has 0 amide bonds. The summed E-state index contributed by atoms with van der Waals surface area (Å²) in [5.74, 6) is 1.24. The highest BCUT2D eigenvalue weighted by Gasteiger charge is 2.39. The van der Waals surface area contributed by atoms with Crippen LogP contribution in [0.4, 0.5) is 0 Å². The highest BCUT2D eigenvalue weighted by Crippen LogP contribution is 2.38. The topological polar surface area (TPSA) is 38.8 Å². The number of piperidine rings is 1. The first-order chi connectivity index (χ1) is 9.72. The Kier molecular flexibility index (Phi) is 3.66. The summed E-state index contributed by atoms with van der Waals surface area (Å²) in [4.78, 5) is 13.7. The number of benzene rings is 1. The monoisotopic (exact) mass is 275 g/mol. The normalized spacial score (nSPS) is 29.2. The Hall–Kier alpha value is -1.55. The summed E-state index contributed by atoms with van der Waals surface area (Å²) < 4.78 is 11.5. The van der Waals surface area contributed by atoms with Gasteiger partial charge < -0.3 is 14.4 Å². The summed E-state index contributed by atoms with van der Waals surface area (Å²) in [5, 5.41) is 0. The number of methoxy groups -OCH3 is 1. The van der Waals surface area contributed by atoms with Crippen molar-refractivity contribution in [3.63, 3.8) is 0 Å². The molecule has 0 radical (unpaired) electrons. The predicted molar refractivity (Wildman–Crippen MR) is 76.6 cm³/mol. The van der Waals surface area contributed by atoms with E-state index in [1.807, 2.05) is 12.1 Å². The van der Waals surface area contributed by atoms with Gasteiger partial charge in [-0.3, -0.25) is 4.79 Å². The lowest BCUT2D eigenvalue weighted by Crippen LogP contribution is -2.43. The van der Waals surface area contributed by atoms with Gasteiger partial charge in [-0.1, -0.05) is 6.07 Å². The van der Waals surface area contributed by atoms with Gasteiger partial charge in [0.25, 0.3) is 0 Å². The largest absolute Gasteiger partial charge is 0.493 e. The van der Waals surface area contributed by atoms with Gasteiger partial charge in [-0.2, -0.15) is 0 Å². The number of nitrogens with zero attached hydrogens (tertiary/aromatic N) is 1. The van der Waals surface area contributed by atoms with Crippen molar-refractivity contribution in [3.8, 4) is 11.5 Å². The second-order valence-electron chi connectivity index (χ2n) is 5.76. The van der Waals surface area contributed by atoms with Crippen LogP contribution in [0.15, 0.2) is 18.2 Å². The Morgan fingerprint density at radius 2 is 1.95 bits per heavy atom. The molecule has 4 nitrogen and oxygen atoms in total. The molecular formula is C16H21NO3. The fourth-order valence-corrected chi connectivity index (χ4v) is 3.54. The van der Waals surface area contributed by atoms with Crippen molar-refractivity contribution in [2.75, 3.05) is 14.2 Å². The number of hydrogen-bond donors (Lipinski definition) is 0. The number of fused-ring (bicyclic) bond motifs is 2. The van der Waals surface area contributed by atoms with Gasteiger partial charge in [-0.25, -0.2) is 0 Å². The van der Waals surface area contributed by atoms with Gasteiger partial charge in [0.05, 0.1) is 12.7 Å². The molecule has 2 aliphatic rings. The van der Waals surface area contributed by atoms with E-state index in [-0.39, 0.29) is 6.10 Å². The van der Waals surface area contributed by atoms with E-state index < -0.39 is 0 Å². The smallest absolute Gasteiger partial charge is 0.172 e. The second-order valence-corrected chi connectivity index (χ2v) is 5.76. The Morgan fingerprint density at radius 1 is 1.25 bits per heavy atom. The first-order valence-electron chi connectivity index (χ1n) is 7.23. The number of hydrogen-bond acceptors (Lipinski definition) is 4. The van der Waals surface area contributed by atoms with Gasteiger partial charge in [0.2, 0.25) is 0 Å². The predicted octanol–water partition coefficient (Wildman–Crippen LogP) is 2.51. The SMILES string of the molecule is COc1cccc(C=O)c1OC1CC2CCC(C1)N2C. The van der Waals surface area contributed by atoms with E-state index in [9.17, 15) is 4.79 Å². The first kappa shape index (κ1) is 13.4. The van der Waals surface area contributed by atoms with Crippen molar-refractivity contribution in [2.24, 2.45) is 0 Å². The maximum Gasteiger partial charge on any atom is 0.172 e. The molecule has 0 N–H and O–H groups in total. The zero-order chi connectivity index (χ0) is 14.1. The van der Waals surface area contributed by atoms with E-state index in [0.717, 1.165) is 19.1 Å². The van der Waals surface area contributed by atoms with E-state index in [4.69, 9.17) is 9.47 Å². The van der Waals surface area contributed by atoms with Gasteiger partial charge in [0, 0.05) is 12.1 Å². The molecule has 1 aromatic carbocycles. The van der Waals surface area contributed by atoms with Gasteiger partial charge in [-0.05, 0) is 44.9 Å². The van der Waals surface area contributed by atoms with Crippen molar-refractivity contribution in [3.05, 3.63) is 23.8 Å². The summed E-state index contributed by atoms with van der Waals surface area (Å²) in [6.07, 6.45) is 5.59. The molecule has 108 valence electrons. The van der Waals surface area contributed by atoms with Crippen LogP contribution in [0.5, 0.6) is 11.5 Å². The third-order valence-corrected chi connectivity index (χ3v) is 4.70. The van der Waals surface area contributed by atoms with Crippen LogP contribution in [0.25, 0.3) is 0 Å². The molecular weight excluding hydrogens is 254 g/mol. The fraction of sp³-hybridized carbons (Fsp3) is 0.562. The van der Waals surface area contributed by atoms with Crippen LogP contribution >= 0.6 is 0 Å². The van der Waals surface area contributed by atoms with Crippen LogP contribution in [0, 0.1) is 0 Å². The quantitative estimate of drug-likeness (QED) is 0.791. The minimum Gasteiger partial charge on any atom is -0.493 e. The third kappa shape index (κ3) is 2.29. The number of aldehydes is 1. The van der Waals surface area contributed by atoms with Crippen LogP contribution in [-0.4, -0.2) is 43.5 Å². The molecule has 2 bridgehead atoms. The van der Waals surface area contributed by atoms with E-state index >= 15 is 0 Å². The summed E-state index contributed by atoms with van der Waals surface area (Å²) >= 11 is 0. The number of para-hydroxylation sites is 1. The Balaban J connectivity index is 1.80. The number of rotatable bonds is 4. The minimum absolute atomic E-state index is 0.179. The molecule has 2 atom stereocenters. The first-order valence-corrected chi connectivity index (χ1v) is 7.23. The average molecular weight is 275 g/mol. The van der Waals surface area contributed by atoms with Gasteiger partial charge in [0.15, 0.2) is 17.8 Å². The number of carbonyl (C=O) groups excluding carboxylic acids is 1. The minimum atomic E-state index is 0.179. The highest BCUT2D eigenvalue weighted by atomic mass is 16.5. The summed E-state index contributed by atoms with van der Waals surface area (Å²) in [5.41, 5.74) is 0.565. The maximum atomic E-state index is 11.2. The van der Waals surface area contributed by atoms with Crippen molar-refractivity contribution in [1.82, 2.24) is 4.90 Å². The van der Waals surface area contributed by atoms with Gasteiger partial charge >= 0.3 is 0 Å². The zero-order valence-corrected chi connectivity index (χ0v) is 12.0. The van der Waals surface area contributed by atoms with Crippen LogP contribution < -0.4 is 9.47 Å². The molecule has 2 unspecified atom stereocenters. The van der Waals surface area contributed by atoms with Crippen molar-refractivity contribution in [1.29, 1.82) is 0 Å². The van der Waals surface area contributed by atoms with E-state index in [1.54, 1.807) is 13.2 Å². The highest BCUT2D eigenvalue weighted by molar-refractivity contribution is 5.81. The van der Waals surface area contributed by atoms with Crippen molar-refractivity contribution < 1.29 is 14.3 Å². The molecule has 3 rings (SSSR count). The Bertz CT molecular complexity index is 488. The lowest BCUT2D eigenvalue weighted by atomic mass is 10.0. The lowest BCUT2D eigenvalue weighted by molar-refractivity contribution is 0.0637. The molecule has 2 heterocycles. The zero-order valence-electron chi connectivity index (χ0n) is 12.0. The summed E-state index contributed by atoms with van der Waals surface area (Å²) in [7, 11) is 3.81. The Morgan fingerprint density at radius 3 is 2.55 bits per heavy atom. The maximum absolute atomic E-state index is 11.2. The molecule has 0 aliphatic carbocycles. The Labute approximate surface area is 119 Å². The number of ether oxygens (including phenoxy) is 2. The van der Waals surface area contributed by atoms with Gasteiger partial charge in [0.1, 0.15) is 6.10 Å². The summed E-state index contributed by atoms with van der Waals surface area (Å²) in [6, 6.07) is 6.66. The van der Waals surface area contributed by atoms with Crippen molar-refractivity contribution >= 4 is 6.29 Å². The van der Waals surface area contributed by atoms with E-state index in [2.05, 4.69) is 11.9 Å². The number of carbonyl (C=O) groups is 1. The lowest BCUT2D eigenvalue weighted by Gasteiger charge is -2.36. The van der Waals surface area contributed by atoms with E-state index in [0.29, 0.717) is 29.1 Å². The van der Waals surface area contributed by atoms with Crippen LogP contribution in [0.2, 0.25) is 0 Å². The van der Waals surface area contributed by atoms with E-state index in [1.165, 1.54) is 12.8 Å². The molecule has 0 aromatic heterocycles. The van der Waals surface area contributed by atoms with Crippen molar-refractivity contribution in [2.45, 2.75) is 43.9 Å². The fourth-order valence-electron chi connectivity index (χ4n) is 3.54.